The quantitative estimate of drug-likeness (QED) is 0.662. The SMILES string of the molecule is CC(C)CC(C(=O)NC1N=C(c2ccccc2)c2ccccc2N(C)C1=O)C1(C(N)=O)CCC1. The molecule has 3 N–H and O–H groups in total. The number of carbonyl (C=O) groups excluding carboxylic acids is 3. The first kappa shape index (κ1) is 23.7. The highest BCUT2D eigenvalue weighted by molar-refractivity contribution is 6.20. The third-order valence-corrected chi connectivity index (χ3v) is 7.10. The average molecular weight is 461 g/mol. The summed E-state index contributed by atoms with van der Waals surface area (Å²) in [5.74, 6) is -1.53. The second kappa shape index (κ2) is 9.41. The van der Waals surface area contributed by atoms with Gasteiger partial charge in [0.1, 0.15) is 0 Å². The Kier molecular flexibility index (Phi) is 6.55. The number of amides is 3. The standard InChI is InChI=1S/C27H32N4O3/c1-17(2)16-20(27(26(28)34)14-9-15-27)24(32)30-23-25(33)31(3)21-13-8-7-12-19(21)22(29-23)18-10-5-4-6-11-18/h4-8,10-13,17,20,23H,9,14-16H2,1-3H3,(H2,28,34)(H,30,32). The zero-order valence-electron chi connectivity index (χ0n) is 20.0. The van der Waals surface area contributed by atoms with E-state index in [9.17, 15) is 14.4 Å². The van der Waals surface area contributed by atoms with E-state index < -0.39 is 23.4 Å². The number of nitrogens with zero attached hydrogens (tertiary/aromatic N) is 2. The van der Waals surface area contributed by atoms with Crippen LogP contribution < -0.4 is 16.0 Å². The zero-order valence-corrected chi connectivity index (χ0v) is 20.0. The Morgan fingerprint density at radius 2 is 1.76 bits per heavy atom. The minimum absolute atomic E-state index is 0.188. The largest absolute Gasteiger partial charge is 0.369 e. The summed E-state index contributed by atoms with van der Waals surface area (Å²) in [6.45, 7) is 4.03. The van der Waals surface area contributed by atoms with Crippen LogP contribution in [-0.4, -0.2) is 36.6 Å². The molecule has 178 valence electrons. The van der Waals surface area contributed by atoms with Gasteiger partial charge in [-0.1, -0.05) is 68.8 Å². The second-order valence-electron chi connectivity index (χ2n) is 9.73. The number of carbonyl (C=O) groups is 3. The van der Waals surface area contributed by atoms with Crippen LogP contribution in [-0.2, 0) is 14.4 Å². The second-order valence-corrected chi connectivity index (χ2v) is 9.73. The van der Waals surface area contributed by atoms with Crippen LogP contribution in [0.5, 0.6) is 0 Å². The van der Waals surface area contributed by atoms with Crippen LogP contribution in [0.4, 0.5) is 5.69 Å². The van der Waals surface area contributed by atoms with Gasteiger partial charge in [0.25, 0.3) is 5.91 Å². The molecule has 0 spiro atoms. The number of nitrogens with one attached hydrogen (secondary N) is 1. The number of hydrogen-bond acceptors (Lipinski definition) is 4. The van der Waals surface area contributed by atoms with E-state index in [4.69, 9.17) is 10.7 Å². The molecule has 2 unspecified atom stereocenters. The number of rotatable bonds is 7. The van der Waals surface area contributed by atoms with Gasteiger partial charge in [0, 0.05) is 18.2 Å². The molecule has 2 aromatic carbocycles. The number of benzene rings is 2. The molecule has 1 heterocycles. The molecule has 0 saturated heterocycles. The summed E-state index contributed by atoms with van der Waals surface area (Å²) in [6, 6.07) is 17.2. The van der Waals surface area contributed by atoms with E-state index in [1.54, 1.807) is 7.05 Å². The molecule has 0 aromatic heterocycles. The molecular weight excluding hydrogens is 428 g/mol. The Hall–Kier alpha value is -3.48. The van der Waals surface area contributed by atoms with E-state index in [1.807, 2.05) is 68.4 Å². The Balaban J connectivity index is 1.73. The maximum absolute atomic E-state index is 13.6. The average Bonchev–Trinajstić information content (AvgIpc) is 2.88. The molecular formula is C27H32N4O3. The summed E-state index contributed by atoms with van der Waals surface area (Å²) in [7, 11) is 1.69. The molecule has 7 nitrogen and oxygen atoms in total. The zero-order chi connectivity index (χ0) is 24.5. The van der Waals surface area contributed by atoms with E-state index in [0.29, 0.717) is 25.0 Å². The lowest BCUT2D eigenvalue weighted by Gasteiger charge is -2.45. The molecule has 0 radical (unpaired) electrons. The highest BCUT2D eigenvalue weighted by Gasteiger charge is 2.52. The van der Waals surface area contributed by atoms with Crippen molar-refractivity contribution in [3.05, 3.63) is 65.7 Å². The normalized spacial score (nSPS) is 20.0. The van der Waals surface area contributed by atoms with Gasteiger partial charge in [0.05, 0.1) is 22.7 Å². The number of primary amides is 1. The van der Waals surface area contributed by atoms with Gasteiger partial charge in [-0.15, -0.1) is 0 Å². The number of benzodiazepines with no additional fused rings is 1. The minimum atomic E-state index is -1.11. The van der Waals surface area contributed by atoms with Gasteiger partial charge in [-0.05, 0) is 31.2 Å². The number of para-hydroxylation sites is 1. The van der Waals surface area contributed by atoms with Gasteiger partial charge >= 0.3 is 0 Å². The van der Waals surface area contributed by atoms with Crippen molar-refractivity contribution in [1.29, 1.82) is 0 Å². The third kappa shape index (κ3) is 4.22. The first-order valence-electron chi connectivity index (χ1n) is 11.8. The lowest BCUT2D eigenvalue weighted by Crippen LogP contribution is -2.56. The number of hydrogen-bond donors (Lipinski definition) is 2. The Morgan fingerprint density at radius 3 is 2.35 bits per heavy atom. The predicted molar refractivity (Wildman–Crippen MR) is 132 cm³/mol. The van der Waals surface area contributed by atoms with E-state index in [-0.39, 0.29) is 17.7 Å². The molecule has 1 aliphatic carbocycles. The number of anilines is 1. The monoisotopic (exact) mass is 460 g/mol. The molecule has 34 heavy (non-hydrogen) atoms. The smallest absolute Gasteiger partial charge is 0.272 e. The first-order chi connectivity index (χ1) is 16.2. The van der Waals surface area contributed by atoms with Crippen molar-refractivity contribution in [2.75, 3.05) is 11.9 Å². The van der Waals surface area contributed by atoms with Crippen molar-refractivity contribution in [2.45, 2.75) is 45.7 Å². The predicted octanol–water partition coefficient (Wildman–Crippen LogP) is 3.26. The molecule has 2 aliphatic rings. The summed E-state index contributed by atoms with van der Waals surface area (Å²) in [4.78, 5) is 45.8. The van der Waals surface area contributed by atoms with Crippen molar-refractivity contribution in [1.82, 2.24) is 5.32 Å². The number of nitrogens with two attached hydrogens (primary N) is 1. The summed E-state index contributed by atoms with van der Waals surface area (Å²) in [5, 5.41) is 2.88. The fourth-order valence-electron chi connectivity index (χ4n) is 5.06. The molecule has 4 rings (SSSR count). The lowest BCUT2D eigenvalue weighted by molar-refractivity contribution is -0.148. The lowest BCUT2D eigenvalue weighted by atomic mass is 9.58. The van der Waals surface area contributed by atoms with Crippen LogP contribution in [0.2, 0.25) is 0 Å². The van der Waals surface area contributed by atoms with Crippen LogP contribution in [0.15, 0.2) is 59.6 Å². The molecule has 2 aromatic rings. The first-order valence-corrected chi connectivity index (χ1v) is 11.8. The maximum atomic E-state index is 13.6. The minimum Gasteiger partial charge on any atom is -0.369 e. The van der Waals surface area contributed by atoms with E-state index in [2.05, 4.69) is 5.32 Å². The van der Waals surface area contributed by atoms with Crippen molar-refractivity contribution < 1.29 is 14.4 Å². The number of fused-ring (bicyclic) bond motifs is 1. The van der Waals surface area contributed by atoms with Gasteiger partial charge < -0.3 is 16.0 Å². The van der Waals surface area contributed by atoms with Crippen LogP contribution >= 0.6 is 0 Å². The van der Waals surface area contributed by atoms with Crippen molar-refractivity contribution in [2.24, 2.45) is 28.0 Å². The molecule has 3 amide bonds. The molecule has 0 bridgehead atoms. The number of aliphatic imine (C=N–C) groups is 1. The highest BCUT2D eigenvalue weighted by atomic mass is 16.2. The molecule has 1 aliphatic heterocycles. The van der Waals surface area contributed by atoms with Crippen molar-refractivity contribution in [3.63, 3.8) is 0 Å². The van der Waals surface area contributed by atoms with E-state index in [0.717, 1.165) is 23.2 Å². The number of likely N-dealkylation sites (N-methyl/N-ethyl adjacent to an activating group) is 1. The fraction of sp³-hybridized carbons (Fsp3) is 0.407. The summed E-state index contributed by atoms with van der Waals surface area (Å²) in [5.41, 5.74) is 7.95. The molecule has 2 atom stereocenters. The van der Waals surface area contributed by atoms with E-state index >= 15 is 0 Å². The Morgan fingerprint density at radius 1 is 1.12 bits per heavy atom. The summed E-state index contributed by atoms with van der Waals surface area (Å²) >= 11 is 0. The fourth-order valence-corrected chi connectivity index (χ4v) is 5.06. The van der Waals surface area contributed by atoms with Gasteiger partial charge in [-0.3, -0.25) is 14.4 Å². The van der Waals surface area contributed by atoms with Crippen LogP contribution in [0.25, 0.3) is 0 Å². The van der Waals surface area contributed by atoms with Crippen molar-refractivity contribution >= 4 is 29.1 Å². The molecule has 1 saturated carbocycles. The van der Waals surface area contributed by atoms with E-state index in [1.165, 1.54) is 4.90 Å². The summed E-state index contributed by atoms with van der Waals surface area (Å²) < 4.78 is 0. The highest BCUT2D eigenvalue weighted by Crippen LogP contribution is 2.49. The molecule has 1 fully saturated rings. The van der Waals surface area contributed by atoms with Gasteiger partial charge in [0.15, 0.2) is 0 Å². The van der Waals surface area contributed by atoms with Crippen LogP contribution in [0.1, 0.15) is 50.7 Å². The van der Waals surface area contributed by atoms with Crippen molar-refractivity contribution in [3.8, 4) is 0 Å². The maximum Gasteiger partial charge on any atom is 0.272 e. The Bertz CT molecular complexity index is 1120. The third-order valence-electron chi connectivity index (χ3n) is 7.10. The van der Waals surface area contributed by atoms with Gasteiger partial charge in [0.2, 0.25) is 18.0 Å². The molecule has 7 heteroatoms. The Labute approximate surface area is 200 Å². The van der Waals surface area contributed by atoms with Gasteiger partial charge in [-0.2, -0.15) is 0 Å². The topological polar surface area (TPSA) is 105 Å². The summed E-state index contributed by atoms with van der Waals surface area (Å²) in [6.07, 6.45) is 1.45. The van der Waals surface area contributed by atoms with Gasteiger partial charge in [-0.25, -0.2) is 4.99 Å². The van der Waals surface area contributed by atoms with Crippen LogP contribution in [0, 0.1) is 17.3 Å². The van der Waals surface area contributed by atoms with Crippen LogP contribution in [0.3, 0.4) is 0 Å².